The molecule has 0 amide bonds. The fourth-order valence-electron chi connectivity index (χ4n) is 1.36. The second-order valence-corrected chi connectivity index (χ2v) is 6.24. The minimum atomic E-state index is -3.93. The van der Waals surface area contributed by atoms with Gasteiger partial charge in [0.25, 0.3) is 0 Å². The molecule has 0 aliphatic carbocycles. The summed E-state index contributed by atoms with van der Waals surface area (Å²) in [7, 11) is -3.93. The smallest absolute Gasteiger partial charge is 0.303 e. The number of benzene rings is 1. The van der Waals surface area contributed by atoms with Crippen LogP contribution in [0.2, 0.25) is 0 Å². The van der Waals surface area contributed by atoms with E-state index in [9.17, 15) is 18.0 Å². The third-order valence-electron chi connectivity index (χ3n) is 2.48. The van der Waals surface area contributed by atoms with Crippen LogP contribution in [0.25, 0.3) is 0 Å². The molecular weight excluding hydrogens is 298 g/mol. The number of carbonyl (C=O) groups excluding carboxylic acids is 2. The lowest BCUT2D eigenvalue weighted by Gasteiger charge is -2.20. The first-order chi connectivity index (χ1) is 9.73. The average molecular weight is 315 g/mol. The molecule has 0 radical (unpaired) electrons. The number of nitrogens with zero attached hydrogens (tertiary/aromatic N) is 1. The molecule has 0 saturated carbocycles. The fourth-order valence-corrected chi connectivity index (χ4v) is 2.52. The molecule has 1 rings (SSSR count). The minimum absolute atomic E-state index is 0.0207. The highest BCUT2D eigenvalue weighted by atomic mass is 32.2. The third kappa shape index (κ3) is 5.16. The molecule has 0 bridgehead atoms. The van der Waals surface area contributed by atoms with Gasteiger partial charge in [-0.2, -0.15) is 0 Å². The van der Waals surface area contributed by atoms with Crippen molar-refractivity contribution in [2.75, 3.05) is 13.5 Å². The van der Waals surface area contributed by atoms with Crippen LogP contribution >= 0.6 is 0 Å². The van der Waals surface area contributed by atoms with Crippen molar-refractivity contribution in [2.45, 2.75) is 25.7 Å². The molecule has 116 valence electrons. The quantitative estimate of drug-likeness (QED) is 0.575. The summed E-state index contributed by atoms with van der Waals surface area (Å²) in [6.45, 7) is 3.08. The Hall–Kier alpha value is -1.93. The standard InChI is InChI=1S/C13H17NO6S/c1-10-4-6-13(7-5-10)21(17,18)14(8-19-11(2)15)9-20-12(3)16/h4-7H,8-9H2,1-3H3. The monoisotopic (exact) mass is 315 g/mol. The van der Waals surface area contributed by atoms with Crippen molar-refractivity contribution < 1.29 is 27.5 Å². The highest BCUT2D eigenvalue weighted by molar-refractivity contribution is 7.89. The van der Waals surface area contributed by atoms with Crippen molar-refractivity contribution in [3.05, 3.63) is 29.8 Å². The minimum Gasteiger partial charge on any atom is -0.449 e. The number of carbonyl (C=O) groups is 2. The van der Waals surface area contributed by atoms with E-state index in [1.54, 1.807) is 12.1 Å². The Labute approximate surface area is 123 Å². The SMILES string of the molecule is CC(=O)OCN(COC(C)=O)S(=O)(=O)c1ccc(C)cc1. The average Bonchev–Trinajstić information content (AvgIpc) is 2.38. The van der Waals surface area contributed by atoms with Crippen molar-refractivity contribution in [1.29, 1.82) is 0 Å². The largest absolute Gasteiger partial charge is 0.449 e. The summed E-state index contributed by atoms with van der Waals surface area (Å²) in [5.74, 6) is -1.27. The molecule has 8 heteroatoms. The number of hydrogen-bond donors (Lipinski definition) is 0. The molecule has 0 spiro atoms. The lowest BCUT2D eigenvalue weighted by molar-refractivity contribution is -0.149. The lowest BCUT2D eigenvalue weighted by Crippen LogP contribution is -2.36. The molecule has 21 heavy (non-hydrogen) atoms. The maximum absolute atomic E-state index is 12.4. The van der Waals surface area contributed by atoms with E-state index in [2.05, 4.69) is 9.47 Å². The van der Waals surface area contributed by atoms with E-state index in [0.717, 1.165) is 23.7 Å². The molecule has 1 aromatic rings. The summed E-state index contributed by atoms with van der Waals surface area (Å²) < 4.78 is 35.0. The predicted octanol–water partition coefficient (Wildman–Crippen LogP) is 1.03. The van der Waals surface area contributed by atoms with Crippen LogP contribution in [0.3, 0.4) is 0 Å². The number of aryl methyl sites for hydroxylation is 1. The van der Waals surface area contributed by atoms with Gasteiger partial charge >= 0.3 is 11.9 Å². The van der Waals surface area contributed by atoms with E-state index in [1.165, 1.54) is 12.1 Å². The predicted molar refractivity (Wildman–Crippen MR) is 73.5 cm³/mol. The van der Waals surface area contributed by atoms with Crippen molar-refractivity contribution in [3.63, 3.8) is 0 Å². The van der Waals surface area contributed by atoms with E-state index in [1.807, 2.05) is 6.92 Å². The third-order valence-corrected chi connectivity index (χ3v) is 4.24. The molecule has 7 nitrogen and oxygen atoms in total. The number of sulfonamides is 1. The van der Waals surface area contributed by atoms with E-state index < -0.39 is 35.4 Å². The van der Waals surface area contributed by atoms with Crippen molar-refractivity contribution >= 4 is 22.0 Å². The maximum atomic E-state index is 12.4. The van der Waals surface area contributed by atoms with Gasteiger partial charge in [-0.25, -0.2) is 8.42 Å². The van der Waals surface area contributed by atoms with Crippen molar-refractivity contribution in [1.82, 2.24) is 4.31 Å². The Bertz CT molecular complexity index is 590. The molecule has 0 atom stereocenters. The van der Waals surface area contributed by atoms with Gasteiger partial charge in [0.15, 0.2) is 13.5 Å². The fraction of sp³-hybridized carbons (Fsp3) is 0.385. The van der Waals surface area contributed by atoms with Gasteiger partial charge in [0, 0.05) is 13.8 Å². The summed E-state index contributed by atoms with van der Waals surface area (Å²) in [5, 5.41) is 0. The van der Waals surface area contributed by atoms with Crippen LogP contribution in [0.5, 0.6) is 0 Å². The van der Waals surface area contributed by atoms with Crippen LogP contribution in [-0.4, -0.2) is 38.1 Å². The number of esters is 2. The molecule has 0 unspecified atom stereocenters. The second kappa shape index (κ2) is 7.19. The Morgan fingerprint density at radius 2 is 1.43 bits per heavy atom. The molecule has 0 heterocycles. The zero-order valence-electron chi connectivity index (χ0n) is 12.0. The summed E-state index contributed by atoms with van der Waals surface area (Å²) >= 11 is 0. The first-order valence-electron chi connectivity index (χ1n) is 6.07. The summed E-state index contributed by atoms with van der Waals surface area (Å²) in [5.41, 5.74) is 0.903. The van der Waals surface area contributed by atoms with Gasteiger partial charge in [-0.05, 0) is 19.1 Å². The van der Waals surface area contributed by atoms with Gasteiger partial charge in [-0.15, -0.1) is 4.31 Å². The van der Waals surface area contributed by atoms with Crippen LogP contribution in [0.15, 0.2) is 29.2 Å². The van der Waals surface area contributed by atoms with Crippen molar-refractivity contribution in [3.8, 4) is 0 Å². The lowest BCUT2D eigenvalue weighted by atomic mass is 10.2. The van der Waals surface area contributed by atoms with Crippen LogP contribution in [-0.2, 0) is 29.1 Å². The molecule has 0 fully saturated rings. The summed E-state index contributed by atoms with van der Waals surface area (Å²) in [6, 6.07) is 6.14. The van der Waals surface area contributed by atoms with Crippen LogP contribution in [0.4, 0.5) is 0 Å². The van der Waals surface area contributed by atoms with Gasteiger partial charge in [0.2, 0.25) is 10.0 Å². The number of hydrogen-bond acceptors (Lipinski definition) is 6. The number of rotatable bonds is 6. The topological polar surface area (TPSA) is 90.0 Å². The summed E-state index contributed by atoms with van der Waals surface area (Å²) in [4.78, 5) is 21.7. The zero-order valence-corrected chi connectivity index (χ0v) is 12.8. The first-order valence-corrected chi connectivity index (χ1v) is 7.51. The van der Waals surface area contributed by atoms with E-state index in [0.29, 0.717) is 0 Å². The molecule has 0 aliphatic heterocycles. The summed E-state index contributed by atoms with van der Waals surface area (Å²) in [6.07, 6.45) is 0. The maximum Gasteiger partial charge on any atom is 0.303 e. The normalized spacial score (nSPS) is 11.2. The molecule has 0 aliphatic rings. The molecule has 1 aromatic carbocycles. The molecule has 0 N–H and O–H groups in total. The Balaban J connectivity index is 3.00. The number of ether oxygens (including phenoxy) is 2. The highest BCUT2D eigenvalue weighted by Crippen LogP contribution is 2.16. The first kappa shape index (κ1) is 17.1. The van der Waals surface area contributed by atoms with Crippen LogP contribution < -0.4 is 0 Å². The second-order valence-electron chi connectivity index (χ2n) is 4.30. The van der Waals surface area contributed by atoms with Gasteiger partial charge in [-0.1, -0.05) is 17.7 Å². The van der Waals surface area contributed by atoms with E-state index in [-0.39, 0.29) is 4.90 Å². The Morgan fingerprint density at radius 1 is 1.00 bits per heavy atom. The van der Waals surface area contributed by atoms with Crippen molar-refractivity contribution in [2.24, 2.45) is 0 Å². The Morgan fingerprint density at radius 3 is 1.81 bits per heavy atom. The van der Waals surface area contributed by atoms with Gasteiger partial charge in [-0.3, -0.25) is 9.59 Å². The zero-order chi connectivity index (χ0) is 16.0. The van der Waals surface area contributed by atoms with Gasteiger partial charge in [0.05, 0.1) is 4.90 Å². The van der Waals surface area contributed by atoms with E-state index >= 15 is 0 Å². The van der Waals surface area contributed by atoms with Crippen LogP contribution in [0, 0.1) is 6.92 Å². The van der Waals surface area contributed by atoms with Gasteiger partial charge in [0.1, 0.15) is 0 Å². The molecule has 0 saturated heterocycles. The van der Waals surface area contributed by atoms with Gasteiger partial charge < -0.3 is 9.47 Å². The highest BCUT2D eigenvalue weighted by Gasteiger charge is 2.26. The molecule has 0 aromatic heterocycles. The van der Waals surface area contributed by atoms with Crippen LogP contribution in [0.1, 0.15) is 19.4 Å². The Kier molecular flexibility index (Phi) is 5.86. The molecular formula is C13H17NO6S. The van der Waals surface area contributed by atoms with E-state index in [4.69, 9.17) is 0 Å².